The van der Waals surface area contributed by atoms with Gasteiger partial charge in [0.25, 0.3) is 0 Å². The molecule has 0 spiro atoms. The van der Waals surface area contributed by atoms with E-state index >= 15 is 0 Å². The van der Waals surface area contributed by atoms with Gasteiger partial charge in [0.1, 0.15) is 6.54 Å². The molecule has 0 atom stereocenters. The third kappa shape index (κ3) is 3.11. The van der Waals surface area contributed by atoms with E-state index in [1.165, 1.54) is 23.6 Å². The number of fused-ring (bicyclic) bond motifs is 2. The van der Waals surface area contributed by atoms with Crippen LogP contribution in [0.1, 0.15) is 11.1 Å². The number of pyridine rings is 1. The van der Waals surface area contributed by atoms with Crippen LogP contribution in [0, 0.1) is 6.92 Å². The predicted octanol–water partition coefficient (Wildman–Crippen LogP) is 3.63. The molecule has 27 heavy (non-hydrogen) atoms. The molecule has 0 aliphatic rings. The lowest BCUT2D eigenvalue weighted by molar-refractivity contribution is -0.138. The average Bonchev–Trinajstić information content (AvgIpc) is 2.56. The maximum absolute atomic E-state index is 13.6. The Balaban J connectivity index is 2.66. The first-order valence-corrected chi connectivity index (χ1v) is 8.08. The van der Waals surface area contributed by atoms with Gasteiger partial charge in [0.15, 0.2) is 5.43 Å². The van der Waals surface area contributed by atoms with Crippen LogP contribution < -0.4 is 10.3 Å². The third-order valence-electron chi connectivity index (χ3n) is 4.40. The van der Waals surface area contributed by atoms with E-state index < -0.39 is 29.7 Å². The largest absolute Gasteiger partial charge is 0.480 e. The van der Waals surface area contributed by atoms with Crippen molar-refractivity contribution in [1.29, 1.82) is 0 Å². The third-order valence-corrected chi connectivity index (χ3v) is 4.40. The monoisotopic (exact) mass is 378 g/mol. The summed E-state index contributed by atoms with van der Waals surface area (Å²) in [7, 11) is 2.86. The van der Waals surface area contributed by atoms with Crippen molar-refractivity contribution < 1.29 is 23.1 Å². The number of rotatable bonds is 3. The first-order chi connectivity index (χ1) is 12.5. The highest BCUT2D eigenvalue weighted by Gasteiger charge is 2.36. The second-order valence-electron chi connectivity index (χ2n) is 6.58. The van der Waals surface area contributed by atoms with Crippen LogP contribution in [0.5, 0.6) is 0 Å². The van der Waals surface area contributed by atoms with Gasteiger partial charge in [0, 0.05) is 24.9 Å². The van der Waals surface area contributed by atoms with Crippen molar-refractivity contribution in [2.24, 2.45) is 0 Å². The summed E-state index contributed by atoms with van der Waals surface area (Å²) < 4.78 is 42.0. The van der Waals surface area contributed by atoms with Gasteiger partial charge in [-0.15, -0.1) is 0 Å². The summed E-state index contributed by atoms with van der Waals surface area (Å²) in [6.07, 6.45) is -4.65. The molecule has 1 heterocycles. The van der Waals surface area contributed by atoms with E-state index in [2.05, 4.69) is 0 Å². The highest BCUT2D eigenvalue weighted by Crippen LogP contribution is 2.40. The second-order valence-corrected chi connectivity index (χ2v) is 6.58. The van der Waals surface area contributed by atoms with E-state index in [-0.39, 0.29) is 27.5 Å². The van der Waals surface area contributed by atoms with E-state index in [0.29, 0.717) is 0 Å². The number of carboxylic acid groups (broad SMARTS) is 1. The average molecular weight is 378 g/mol. The number of aromatic nitrogens is 1. The van der Waals surface area contributed by atoms with Gasteiger partial charge in [-0.2, -0.15) is 13.2 Å². The van der Waals surface area contributed by atoms with Crippen LogP contribution >= 0.6 is 0 Å². The number of benzene rings is 2. The minimum absolute atomic E-state index is 0.0414. The van der Waals surface area contributed by atoms with Crippen LogP contribution in [-0.2, 0) is 17.5 Å². The summed E-state index contributed by atoms with van der Waals surface area (Å²) in [5, 5.41) is 9.66. The first-order valence-electron chi connectivity index (χ1n) is 8.08. The minimum atomic E-state index is -4.65. The molecule has 1 N–H and O–H groups in total. The van der Waals surface area contributed by atoms with Gasteiger partial charge in [-0.1, -0.05) is 6.07 Å². The zero-order valence-electron chi connectivity index (χ0n) is 14.9. The van der Waals surface area contributed by atoms with Crippen molar-refractivity contribution in [2.45, 2.75) is 19.6 Å². The Morgan fingerprint density at radius 2 is 1.78 bits per heavy atom. The molecule has 0 radical (unpaired) electrons. The minimum Gasteiger partial charge on any atom is -0.480 e. The number of carboxylic acids is 1. The fourth-order valence-electron chi connectivity index (χ4n) is 3.34. The number of hydrogen-bond acceptors (Lipinski definition) is 3. The van der Waals surface area contributed by atoms with Crippen LogP contribution in [0.2, 0.25) is 0 Å². The van der Waals surface area contributed by atoms with E-state index in [9.17, 15) is 27.9 Å². The lowest BCUT2D eigenvalue weighted by atomic mass is 10.0. The lowest BCUT2D eigenvalue weighted by Crippen LogP contribution is -2.22. The Labute approximate surface area is 152 Å². The Kier molecular flexibility index (Phi) is 4.37. The molecule has 0 bridgehead atoms. The van der Waals surface area contributed by atoms with E-state index in [1.54, 1.807) is 25.1 Å². The fraction of sp³-hybridized carbons (Fsp3) is 0.263. The molecule has 0 aliphatic heterocycles. The van der Waals surface area contributed by atoms with Crippen molar-refractivity contribution in [3.8, 4) is 0 Å². The van der Waals surface area contributed by atoms with Crippen molar-refractivity contribution in [1.82, 2.24) is 4.57 Å². The van der Waals surface area contributed by atoms with Gasteiger partial charge in [0.2, 0.25) is 0 Å². The normalized spacial score (nSPS) is 11.9. The van der Waals surface area contributed by atoms with E-state index in [0.717, 1.165) is 17.7 Å². The van der Waals surface area contributed by atoms with Crippen molar-refractivity contribution in [3.05, 3.63) is 51.7 Å². The molecule has 142 valence electrons. The lowest BCUT2D eigenvalue weighted by Gasteiger charge is -2.24. The van der Waals surface area contributed by atoms with Crippen LogP contribution in [0.4, 0.5) is 18.9 Å². The van der Waals surface area contributed by atoms with Crippen LogP contribution in [0.25, 0.3) is 21.8 Å². The highest BCUT2D eigenvalue weighted by molar-refractivity contribution is 6.01. The van der Waals surface area contributed by atoms with Crippen molar-refractivity contribution in [2.75, 3.05) is 19.0 Å². The predicted molar refractivity (Wildman–Crippen MR) is 97.4 cm³/mol. The van der Waals surface area contributed by atoms with Gasteiger partial charge in [-0.05, 0) is 36.8 Å². The maximum Gasteiger partial charge on any atom is 0.418 e. The zero-order valence-corrected chi connectivity index (χ0v) is 14.9. The van der Waals surface area contributed by atoms with Crippen molar-refractivity contribution >= 4 is 33.5 Å². The SMILES string of the molecule is Cc1ccc2c(=O)c3ccc(C(F)(F)F)c(N(C)C)c3n(CC(=O)O)c2c1. The number of carbonyl (C=O) groups is 1. The topological polar surface area (TPSA) is 62.5 Å². The number of halogens is 3. The van der Waals surface area contributed by atoms with Gasteiger partial charge >= 0.3 is 12.1 Å². The van der Waals surface area contributed by atoms with Crippen LogP contribution in [0.3, 0.4) is 0 Å². The molecule has 0 fully saturated rings. The molecule has 3 rings (SSSR count). The Morgan fingerprint density at radius 1 is 1.15 bits per heavy atom. The smallest absolute Gasteiger partial charge is 0.418 e. The quantitative estimate of drug-likeness (QED) is 0.707. The van der Waals surface area contributed by atoms with E-state index in [1.807, 2.05) is 0 Å². The molecule has 0 saturated carbocycles. The summed E-state index contributed by atoms with van der Waals surface area (Å²) in [6.45, 7) is 1.19. The number of aliphatic carboxylic acids is 1. The van der Waals surface area contributed by atoms with Crippen LogP contribution in [-0.4, -0.2) is 29.7 Å². The highest BCUT2D eigenvalue weighted by atomic mass is 19.4. The standard InChI is InChI=1S/C19H17F3N2O3/c1-10-4-5-11-14(8-10)24(9-15(25)26)16-12(18(11)27)6-7-13(19(20,21)22)17(16)23(2)3/h4-8H,9H2,1-3H3,(H,25,26). The molecule has 5 nitrogen and oxygen atoms in total. The molecule has 3 aromatic rings. The fourth-order valence-corrected chi connectivity index (χ4v) is 3.34. The molecule has 0 unspecified atom stereocenters. The maximum atomic E-state index is 13.6. The molecule has 8 heteroatoms. The van der Waals surface area contributed by atoms with Gasteiger partial charge in [0.05, 0.1) is 22.3 Å². The Hall–Kier alpha value is -3.03. The number of nitrogens with zero attached hydrogens (tertiary/aromatic N) is 2. The number of aryl methyl sites for hydroxylation is 1. The van der Waals surface area contributed by atoms with E-state index in [4.69, 9.17) is 0 Å². The van der Waals surface area contributed by atoms with Gasteiger partial charge < -0.3 is 14.6 Å². The summed E-state index contributed by atoms with van der Waals surface area (Å²) in [6, 6.07) is 6.86. The molecule has 0 aliphatic carbocycles. The summed E-state index contributed by atoms with van der Waals surface area (Å²) in [5.41, 5.74) is -0.581. The Bertz CT molecular complexity index is 1130. The summed E-state index contributed by atoms with van der Waals surface area (Å²) in [4.78, 5) is 25.6. The number of anilines is 1. The second kappa shape index (κ2) is 6.29. The summed E-state index contributed by atoms with van der Waals surface area (Å²) >= 11 is 0. The molecule has 0 amide bonds. The molecule has 2 aromatic carbocycles. The number of hydrogen-bond donors (Lipinski definition) is 1. The van der Waals surface area contributed by atoms with Gasteiger partial charge in [-0.3, -0.25) is 9.59 Å². The Morgan fingerprint density at radius 3 is 2.33 bits per heavy atom. The van der Waals surface area contributed by atoms with Crippen molar-refractivity contribution in [3.63, 3.8) is 0 Å². The molecular weight excluding hydrogens is 361 g/mol. The van der Waals surface area contributed by atoms with Crippen LogP contribution in [0.15, 0.2) is 35.1 Å². The molecule has 1 aromatic heterocycles. The molecular formula is C19H17F3N2O3. The summed E-state index contributed by atoms with van der Waals surface area (Å²) in [5.74, 6) is -1.22. The number of alkyl halides is 3. The molecule has 0 saturated heterocycles. The zero-order chi connectivity index (χ0) is 20.1. The first kappa shape index (κ1) is 18.8. The van der Waals surface area contributed by atoms with Gasteiger partial charge in [-0.25, -0.2) is 0 Å².